The van der Waals surface area contributed by atoms with Gasteiger partial charge in [0.15, 0.2) is 0 Å². The van der Waals surface area contributed by atoms with E-state index in [0.29, 0.717) is 4.60 Å². The molecule has 3 rings (SSSR count). The van der Waals surface area contributed by atoms with Crippen LogP contribution >= 0.6 is 50.6 Å². The summed E-state index contributed by atoms with van der Waals surface area (Å²) in [6.45, 7) is 1.99. The van der Waals surface area contributed by atoms with E-state index in [1.54, 1.807) is 23.7 Å². The van der Waals surface area contributed by atoms with Crippen molar-refractivity contribution in [3.63, 3.8) is 0 Å². The lowest BCUT2D eigenvalue weighted by molar-refractivity contribution is 1.03. The molecule has 2 aromatic heterocycles. The van der Waals surface area contributed by atoms with Crippen LogP contribution in [0.1, 0.15) is 5.69 Å². The van der Waals surface area contributed by atoms with Crippen LogP contribution in [0.4, 0.5) is 0 Å². The molecule has 0 aliphatic heterocycles. The third-order valence-electron chi connectivity index (χ3n) is 2.76. The summed E-state index contributed by atoms with van der Waals surface area (Å²) in [5.74, 6) is 0. The van der Waals surface area contributed by atoms with E-state index in [1.165, 1.54) is 11.8 Å². The van der Waals surface area contributed by atoms with Crippen LogP contribution in [0, 0.1) is 6.92 Å². The smallest absolute Gasteiger partial charge is 0.124 e. The summed E-state index contributed by atoms with van der Waals surface area (Å²) in [5.41, 5.74) is 3.83. The first kappa shape index (κ1) is 15.0. The van der Waals surface area contributed by atoms with Crippen molar-refractivity contribution in [2.24, 2.45) is 0 Å². The van der Waals surface area contributed by atoms with E-state index in [4.69, 9.17) is 11.6 Å². The van der Waals surface area contributed by atoms with Crippen molar-refractivity contribution in [2.75, 3.05) is 0 Å². The lowest BCUT2D eigenvalue weighted by Gasteiger charge is -2.08. The van der Waals surface area contributed by atoms with Gasteiger partial charge in [0.2, 0.25) is 0 Å². The van der Waals surface area contributed by atoms with Gasteiger partial charge in [-0.05, 0) is 28.9 Å². The van der Waals surface area contributed by atoms with Crippen molar-refractivity contribution in [1.82, 2.24) is 15.0 Å². The number of thiazole rings is 1. The highest BCUT2D eigenvalue weighted by Gasteiger charge is 2.13. The fraction of sp³-hybridized carbons (Fsp3) is 0.0714. The van der Waals surface area contributed by atoms with Crippen molar-refractivity contribution < 1.29 is 0 Å². The predicted octanol–water partition coefficient (Wildman–Crippen LogP) is 5.48. The number of benzene rings is 1. The lowest BCUT2D eigenvalue weighted by Crippen LogP contribution is -1.86. The molecule has 0 unspecified atom stereocenters. The van der Waals surface area contributed by atoms with Crippen LogP contribution in [0.25, 0.3) is 10.4 Å². The molecule has 106 valence electrons. The van der Waals surface area contributed by atoms with Crippen LogP contribution in [0.5, 0.6) is 0 Å². The molecule has 0 amide bonds. The quantitative estimate of drug-likeness (QED) is 0.586. The van der Waals surface area contributed by atoms with Crippen LogP contribution in [0.3, 0.4) is 0 Å². The van der Waals surface area contributed by atoms with E-state index in [2.05, 4.69) is 30.9 Å². The van der Waals surface area contributed by atoms with Gasteiger partial charge in [-0.25, -0.2) is 15.0 Å². The van der Waals surface area contributed by atoms with E-state index in [1.807, 2.05) is 30.6 Å². The van der Waals surface area contributed by atoms with E-state index in [9.17, 15) is 0 Å². The number of aryl methyl sites for hydroxylation is 1. The van der Waals surface area contributed by atoms with E-state index in [-0.39, 0.29) is 0 Å². The molecule has 0 radical (unpaired) electrons. The van der Waals surface area contributed by atoms with Crippen molar-refractivity contribution >= 4 is 50.6 Å². The van der Waals surface area contributed by atoms with Gasteiger partial charge in [0.25, 0.3) is 0 Å². The van der Waals surface area contributed by atoms with E-state index >= 15 is 0 Å². The number of halogens is 2. The van der Waals surface area contributed by atoms with Crippen LogP contribution in [-0.2, 0) is 0 Å². The van der Waals surface area contributed by atoms with Crippen molar-refractivity contribution in [3.05, 3.63) is 51.4 Å². The standard InChI is InChI=1S/C14H9BrClN3S2/c1-8-14(20-7-19-8)9-3-2-4-10(13(9)16)21-12-6-17-11(15)5-18-12/h2-7H,1H3. The minimum Gasteiger partial charge on any atom is -0.249 e. The summed E-state index contributed by atoms with van der Waals surface area (Å²) < 4.78 is 0.715. The first-order valence-electron chi connectivity index (χ1n) is 5.99. The summed E-state index contributed by atoms with van der Waals surface area (Å²) in [5, 5.41) is 1.53. The maximum atomic E-state index is 6.55. The average molecular weight is 399 g/mol. The first-order valence-corrected chi connectivity index (χ1v) is 8.86. The molecule has 0 atom stereocenters. The van der Waals surface area contributed by atoms with Crippen LogP contribution < -0.4 is 0 Å². The minimum atomic E-state index is 0.715. The fourth-order valence-electron chi connectivity index (χ4n) is 1.79. The minimum absolute atomic E-state index is 0.715. The summed E-state index contributed by atoms with van der Waals surface area (Å²) in [6, 6.07) is 5.99. The van der Waals surface area contributed by atoms with Gasteiger partial charge in [0, 0.05) is 10.5 Å². The first-order chi connectivity index (χ1) is 10.1. The summed E-state index contributed by atoms with van der Waals surface area (Å²) in [6.07, 6.45) is 3.39. The fourth-order valence-corrected chi connectivity index (χ4v) is 4.01. The number of hydrogen-bond acceptors (Lipinski definition) is 5. The van der Waals surface area contributed by atoms with Gasteiger partial charge in [0.05, 0.1) is 33.5 Å². The highest BCUT2D eigenvalue weighted by Crippen LogP contribution is 2.40. The van der Waals surface area contributed by atoms with Gasteiger partial charge < -0.3 is 0 Å². The molecule has 3 aromatic rings. The Morgan fingerprint density at radius 3 is 2.71 bits per heavy atom. The molecule has 0 saturated carbocycles. The summed E-state index contributed by atoms with van der Waals surface area (Å²) in [4.78, 5) is 14.8. The zero-order valence-electron chi connectivity index (χ0n) is 10.9. The SMILES string of the molecule is Cc1ncsc1-c1cccc(Sc2cnc(Br)cn2)c1Cl. The van der Waals surface area contributed by atoms with Crippen molar-refractivity contribution in [2.45, 2.75) is 16.8 Å². The highest BCUT2D eigenvalue weighted by molar-refractivity contribution is 9.10. The number of rotatable bonds is 3. The predicted molar refractivity (Wildman–Crippen MR) is 91.2 cm³/mol. The van der Waals surface area contributed by atoms with Crippen molar-refractivity contribution in [3.8, 4) is 10.4 Å². The Hall–Kier alpha value is -0.950. The van der Waals surface area contributed by atoms with Crippen LogP contribution in [0.2, 0.25) is 5.02 Å². The number of nitrogens with zero attached hydrogens (tertiary/aromatic N) is 3. The molecule has 0 bridgehead atoms. The molecular weight excluding hydrogens is 390 g/mol. The topological polar surface area (TPSA) is 38.7 Å². The summed E-state index contributed by atoms with van der Waals surface area (Å²) >= 11 is 12.9. The molecule has 3 nitrogen and oxygen atoms in total. The molecule has 0 spiro atoms. The van der Waals surface area contributed by atoms with Crippen molar-refractivity contribution in [1.29, 1.82) is 0 Å². The lowest BCUT2D eigenvalue weighted by atomic mass is 10.1. The monoisotopic (exact) mass is 397 g/mol. The maximum absolute atomic E-state index is 6.55. The maximum Gasteiger partial charge on any atom is 0.124 e. The molecule has 1 aromatic carbocycles. The molecule has 0 N–H and O–H groups in total. The normalized spacial score (nSPS) is 10.8. The summed E-state index contributed by atoms with van der Waals surface area (Å²) in [7, 11) is 0. The van der Waals surface area contributed by atoms with Gasteiger partial charge in [0.1, 0.15) is 9.63 Å². The zero-order chi connectivity index (χ0) is 14.8. The van der Waals surface area contributed by atoms with Crippen LogP contribution in [-0.4, -0.2) is 15.0 Å². The van der Waals surface area contributed by atoms with Gasteiger partial charge in [-0.2, -0.15) is 0 Å². The van der Waals surface area contributed by atoms with Gasteiger partial charge in [-0.3, -0.25) is 0 Å². The molecular formula is C14H9BrClN3S2. The second-order valence-corrected chi connectivity index (χ2v) is 7.27. The van der Waals surface area contributed by atoms with Gasteiger partial charge >= 0.3 is 0 Å². The zero-order valence-corrected chi connectivity index (χ0v) is 14.9. The molecule has 21 heavy (non-hydrogen) atoms. The highest BCUT2D eigenvalue weighted by atomic mass is 79.9. The molecule has 0 aliphatic carbocycles. The number of aromatic nitrogens is 3. The Labute approximate surface area is 144 Å². The van der Waals surface area contributed by atoms with Gasteiger partial charge in [-0.1, -0.05) is 35.5 Å². The van der Waals surface area contributed by atoms with Gasteiger partial charge in [-0.15, -0.1) is 11.3 Å². The van der Waals surface area contributed by atoms with Crippen LogP contribution in [0.15, 0.2) is 50.6 Å². The largest absolute Gasteiger partial charge is 0.249 e. The Kier molecular flexibility index (Phi) is 4.59. The Bertz CT molecular complexity index is 774. The molecule has 0 saturated heterocycles. The third-order valence-corrected chi connectivity index (χ3v) is 5.64. The molecule has 2 heterocycles. The van der Waals surface area contributed by atoms with E-state index in [0.717, 1.165) is 31.1 Å². The molecule has 0 aliphatic rings. The number of hydrogen-bond donors (Lipinski definition) is 0. The average Bonchev–Trinajstić information content (AvgIpc) is 2.90. The third kappa shape index (κ3) is 3.29. The Morgan fingerprint density at radius 1 is 1.19 bits per heavy atom. The molecule has 7 heteroatoms. The second-order valence-electron chi connectivity index (χ2n) is 4.16. The van der Waals surface area contributed by atoms with E-state index < -0.39 is 0 Å². The second kappa shape index (κ2) is 6.44. The Morgan fingerprint density at radius 2 is 2.05 bits per heavy atom. The molecule has 0 fully saturated rings. The Balaban J connectivity index is 1.97.